The second-order valence-corrected chi connectivity index (χ2v) is 12.4. The normalized spacial score (nSPS) is 43.9. The van der Waals surface area contributed by atoms with Crippen molar-refractivity contribution in [2.75, 3.05) is 0 Å². The Morgan fingerprint density at radius 1 is 1.07 bits per heavy atom. The molecule has 0 heterocycles. The van der Waals surface area contributed by atoms with Gasteiger partial charge < -0.3 is 4.74 Å². The average molecular weight is 415 g/mol. The Kier molecular flexibility index (Phi) is 6.44. The Balaban J connectivity index is 1.47. The molecule has 2 nitrogen and oxygen atoms in total. The first kappa shape index (κ1) is 22.4. The molecule has 0 amide bonds. The van der Waals surface area contributed by atoms with Crippen LogP contribution in [0.5, 0.6) is 0 Å². The fraction of sp³-hybridized carbons (Fsp3) is 0.893. The molecule has 8 atom stereocenters. The van der Waals surface area contributed by atoms with Crippen LogP contribution in [-0.4, -0.2) is 12.6 Å². The van der Waals surface area contributed by atoms with Crippen LogP contribution in [0.1, 0.15) is 105 Å². The standard InChI is InChI=1S/C28H46O2/c1-19(2)7-6-8-20(3)24-11-12-25-23-10-9-21-17-22(30-18-29)13-15-27(21,4)26(23)14-16-28(24,25)5/h9,18-20,22-26H,6-8,10-17H2,1-5H3/t20?,22-,23?,24+,25?,26?,27-,28+/m0/s1. The van der Waals surface area contributed by atoms with Crippen molar-refractivity contribution >= 4 is 6.47 Å². The minimum atomic E-state index is 0.120. The molecular weight excluding hydrogens is 368 g/mol. The van der Waals surface area contributed by atoms with Crippen LogP contribution in [0.4, 0.5) is 0 Å². The zero-order valence-electron chi connectivity index (χ0n) is 20.3. The highest BCUT2D eigenvalue weighted by Gasteiger charge is 2.59. The minimum Gasteiger partial charge on any atom is -0.464 e. The summed E-state index contributed by atoms with van der Waals surface area (Å²) in [5.41, 5.74) is 2.54. The van der Waals surface area contributed by atoms with Crippen molar-refractivity contribution in [1.29, 1.82) is 0 Å². The van der Waals surface area contributed by atoms with Crippen LogP contribution >= 0.6 is 0 Å². The van der Waals surface area contributed by atoms with E-state index in [9.17, 15) is 4.79 Å². The van der Waals surface area contributed by atoms with Crippen molar-refractivity contribution < 1.29 is 9.53 Å². The SMILES string of the molecule is CC(C)CCCC(C)[C@H]1CCC2C3CC=C4C[C@@H](OC=O)CC[C@]4(C)C3CC[C@@]21C. The summed E-state index contributed by atoms with van der Waals surface area (Å²) in [7, 11) is 0. The van der Waals surface area contributed by atoms with E-state index < -0.39 is 0 Å². The molecule has 4 aliphatic carbocycles. The first-order valence-electron chi connectivity index (χ1n) is 13.1. The summed E-state index contributed by atoms with van der Waals surface area (Å²) in [5, 5.41) is 0. The van der Waals surface area contributed by atoms with Gasteiger partial charge in [0, 0.05) is 6.42 Å². The van der Waals surface area contributed by atoms with Gasteiger partial charge in [-0.25, -0.2) is 0 Å². The van der Waals surface area contributed by atoms with Crippen molar-refractivity contribution in [2.24, 2.45) is 46.3 Å². The Labute approximate surface area is 185 Å². The van der Waals surface area contributed by atoms with Gasteiger partial charge in [0.05, 0.1) is 0 Å². The number of allylic oxidation sites excluding steroid dienone is 1. The second kappa shape index (κ2) is 8.62. The van der Waals surface area contributed by atoms with Crippen molar-refractivity contribution in [3.8, 4) is 0 Å². The molecule has 0 aromatic carbocycles. The summed E-state index contributed by atoms with van der Waals surface area (Å²) < 4.78 is 5.36. The highest BCUT2D eigenvalue weighted by atomic mass is 16.5. The average Bonchev–Trinajstić information content (AvgIpc) is 3.05. The third-order valence-corrected chi connectivity index (χ3v) is 10.5. The van der Waals surface area contributed by atoms with Crippen LogP contribution in [0.25, 0.3) is 0 Å². The fourth-order valence-corrected chi connectivity index (χ4v) is 8.85. The first-order valence-corrected chi connectivity index (χ1v) is 13.1. The lowest BCUT2D eigenvalue weighted by Gasteiger charge is -2.58. The Bertz CT molecular complexity index is 651. The molecular formula is C28H46O2. The van der Waals surface area contributed by atoms with Gasteiger partial charge in [-0.05, 0) is 91.3 Å². The van der Waals surface area contributed by atoms with E-state index in [0.29, 0.717) is 17.3 Å². The van der Waals surface area contributed by atoms with Crippen molar-refractivity contribution in [2.45, 2.75) is 111 Å². The maximum atomic E-state index is 10.8. The van der Waals surface area contributed by atoms with Gasteiger partial charge in [0.2, 0.25) is 0 Å². The van der Waals surface area contributed by atoms with E-state index in [4.69, 9.17) is 4.74 Å². The molecule has 0 bridgehead atoms. The highest BCUT2D eigenvalue weighted by Crippen LogP contribution is 2.67. The van der Waals surface area contributed by atoms with E-state index in [1.54, 1.807) is 5.57 Å². The Morgan fingerprint density at radius 2 is 1.87 bits per heavy atom. The van der Waals surface area contributed by atoms with E-state index in [1.165, 1.54) is 57.8 Å². The predicted molar refractivity (Wildman–Crippen MR) is 124 cm³/mol. The summed E-state index contributed by atoms with van der Waals surface area (Å²) in [4.78, 5) is 10.8. The molecule has 30 heavy (non-hydrogen) atoms. The summed E-state index contributed by atoms with van der Waals surface area (Å²) in [5.74, 6) is 5.32. The lowest BCUT2D eigenvalue weighted by Crippen LogP contribution is -2.51. The first-order chi connectivity index (χ1) is 14.3. The van der Waals surface area contributed by atoms with Crippen molar-refractivity contribution in [3.05, 3.63) is 11.6 Å². The summed E-state index contributed by atoms with van der Waals surface area (Å²) in [6, 6.07) is 0. The molecule has 0 aromatic rings. The van der Waals surface area contributed by atoms with Gasteiger partial charge in [-0.2, -0.15) is 0 Å². The predicted octanol–water partition coefficient (Wildman–Crippen LogP) is 7.57. The monoisotopic (exact) mass is 414 g/mol. The molecule has 3 fully saturated rings. The molecule has 4 unspecified atom stereocenters. The number of rotatable bonds is 7. The largest absolute Gasteiger partial charge is 0.464 e. The van der Waals surface area contributed by atoms with E-state index in [1.807, 2.05) is 0 Å². The fourth-order valence-electron chi connectivity index (χ4n) is 8.85. The molecule has 2 heteroatoms. The summed E-state index contributed by atoms with van der Waals surface area (Å²) >= 11 is 0. The molecule has 4 rings (SSSR count). The molecule has 0 aromatic heterocycles. The number of ether oxygens (including phenoxy) is 1. The van der Waals surface area contributed by atoms with Gasteiger partial charge in [-0.15, -0.1) is 0 Å². The third-order valence-electron chi connectivity index (χ3n) is 10.5. The molecule has 0 N–H and O–H groups in total. The minimum absolute atomic E-state index is 0.120. The lowest BCUT2D eigenvalue weighted by molar-refractivity contribution is -0.136. The van der Waals surface area contributed by atoms with Gasteiger partial charge in [-0.3, -0.25) is 4.79 Å². The van der Waals surface area contributed by atoms with E-state index in [2.05, 4.69) is 40.7 Å². The van der Waals surface area contributed by atoms with Crippen LogP contribution in [-0.2, 0) is 9.53 Å². The topological polar surface area (TPSA) is 26.3 Å². The third kappa shape index (κ3) is 3.79. The van der Waals surface area contributed by atoms with Gasteiger partial charge in [-0.1, -0.05) is 65.5 Å². The van der Waals surface area contributed by atoms with Gasteiger partial charge in [0.25, 0.3) is 6.47 Å². The lowest BCUT2D eigenvalue weighted by atomic mass is 9.47. The van der Waals surface area contributed by atoms with Crippen LogP contribution in [0.3, 0.4) is 0 Å². The molecule has 4 aliphatic rings. The maximum absolute atomic E-state index is 10.8. The highest BCUT2D eigenvalue weighted by molar-refractivity contribution is 5.38. The van der Waals surface area contributed by atoms with Crippen molar-refractivity contribution in [1.82, 2.24) is 0 Å². The Morgan fingerprint density at radius 3 is 2.60 bits per heavy atom. The van der Waals surface area contributed by atoms with Gasteiger partial charge in [0.1, 0.15) is 6.10 Å². The number of fused-ring (bicyclic) bond motifs is 5. The van der Waals surface area contributed by atoms with E-state index in [-0.39, 0.29) is 6.10 Å². The van der Waals surface area contributed by atoms with Gasteiger partial charge >= 0.3 is 0 Å². The summed E-state index contributed by atoms with van der Waals surface area (Å²) in [6.45, 7) is 13.2. The van der Waals surface area contributed by atoms with E-state index >= 15 is 0 Å². The van der Waals surface area contributed by atoms with E-state index in [0.717, 1.165) is 48.3 Å². The van der Waals surface area contributed by atoms with Crippen molar-refractivity contribution in [3.63, 3.8) is 0 Å². The number of carbonyl (C=O) groups is 1. The molecule has 0 spiro atoms. The maximum Gasteiger partial charge on any atom is 0.293 e. The molecule has 0 saturated heterocycles. The molecule has 3 saturated carbocycles. The number of hydrogen-bond donors (Lipinski definition) is 0. The summed E-state index contributed by atoms with van der Waals surface area (Å²) in [6.07, 6.45) is 17.2. The number of hydrogen-bond acceptors (Lipinski definition) is 2. The molecule has 170 valence electrons. The quantitative estimate of drug-likeness (QED) is 0.317. The Hall–Kier alpha value is -0.790. The zero-order valence-corrected chi connectivity index (χ0v) is 20.3. The van der Waals surface area contributed by atoms with Gasteiger partial charge in [0.15, 0.2) is 0 Å². The van der Waals surface area contributed by atoms with Crippen LogP contribution in [0, 0.1) is 46.3 Å². The smallest absolute Gasteiger partial charge is 0.293 e. The second-order valence-electron chi connectivity index (χ2n) is 12.4. The molecule has 0 aliphatic heterocycles. The van der Waals surface area contributed by atoms with Crippen LogP contribution in [0.15, 0.2) is 11.6 Å². The molecule has 0 radical (unpaired) electrons. The number of carbonyl (C=O) groups excluding carboxylic acids is 1. The zero-order chi connectivity index (χ0) is 21.5. The van der Waals surface area contributed by atoms with Crippen LogP contribution in [0.2, 0.25) is 0 Å². The van der Waals surface area contributed by atoms with Crippen LogP contribution < -0.4 is 0 Å².